The number of hydrogen-bond acceptors (Lipinski definition) is 3. The lowest BCUT2D eigenvalue weighted by Crippen LogP contribution is -2.08. The van der Waals surface area contributed by atoms with Gasteiger partial charge in [-0.2, -0.15) is 0 Å². The van der Waals surface area contributed by atoms with Crippen molar-refractivity contribution >= 4 is 26.4 Å². The molecule has 5 heteroatoms. The number of sulfone groups is 1. The van der Waals surface area contributed by atoms with E-state index in [4.69, 9.17) is 4.98 Å². The number of para-hydroxylation sites is 1. The quantitative estimate of drug-likeness (QED) is 0.395. The first-order valence-electron chi connectivity index (χ1n) is 9.77. The van der Waals surface area contributed by atoms with Crippen molar-refractivity contribution in [2.24, 2.45) is 0 Å². The molecule has 0 atom stereocenters. The molecule has 0 aliphatic rings. The molecule has 0 aliphatic heterocycles. The normalized spacial score (nSPS) is 11.9. The maximum absolute atomic E-state index is 13.3. The molecule has 2 heterocycles. The number of aromatic nitrogens is 2. The van der Waals surface area contributed by atoms with Gasteiger partial charge >= 0.3 is 0 Å². The first-order valence-corrected chi connectivity index (χ1v) is 11.4. The Balaban J connectivity index is 1.78. The van der Waals surface area contributed by atoms with E-state index in [0.29, 0.717) is 16.3 Å². The van der Waals surface area contributed by atoms with Crippen molar-refractivity contribution in [2.45, 2.75) is 17.6 Å². The lowest BCUT2D eigenvalue weighted by molar-refractivity contribution is 0.594. The van der Waals surface area contributed by atoms with Crippen molar-refractivity contribution in [3.05, 3.63) is 102 Å². The average Bonchev–Trinajstić information content (AvgIpc) is 3.13. The molecule has 0 bridgehead atoms. The van der Waals surface area contributed by atoms with Gasteiger partial charge in [-0.05, 0) is 42.6 Å². The van der Waals surface area contributed by atoms with Gasteiger partial charge in [0.1, 0.15) is 5.65 Å². The number of hydrogen-bond donors (Lipinski definition) is 0. The van der Waals surface area contributed by atoms with Gasteiger partial charge in [-0.15, -0.1) is 0 Å². The van der Waals surface area contributed by atoms with Crippen LogP contribution in [-0.2, 0) is 15.6 Å². The summed E-state index contributed by atoms with van der Waals surface area (Å²) >= 11 is 0. The van der Waals surface area contributed by atoms with Crippen molar-refractivity contribution in [2.75, 3.05) is 0 Å². The van der Waals surface area contributed by atoms with Crippen molar-refractivity contribution < 1.29 is 8.42 Å². The van der Waals surface area contributed by atoms with Crippen LogP contribution in [0.4, 0.5) is 0 Å². The van der Waals surface area contributed by atoms with Crippen molar-refractivity contribution in [3.8, 4) is 11.3 Å². The van der Waals surface area contributed by atoms with E-state index in [1.165, 1.54) is 0 Å². The Labute approximate surface area is 175 Å². The summed E-state index contributed by atoms with van der Waals surface area (Å²) in [6.45, 7) is 1.94. The van der Waals surface area contributed by atoms with Crippen molar-refractivity contribution in [1.82, 2.24) is 9.38 Å². The van der Waals surface area contributed by atoms with Crippen molar-refractivity contribution in [3.63, 3.8) is 0 Å². The van der Waals surface area contributed by atoms with Gasteiger partial charge in [-0.3, -0.25) is 4.40 Å². The highest BCUT2D eigenvalue weighted by atomic mass is 32.2. The second-order valence-electron chi connectivity index (χ2n) is 7.43. The monoisotopic (exact) mass is 412 g/mol. The highest BCUT2D eigenvalue weighted by molar-refractivity contribution is 7.90. The summed E-state index contributed by atoms with van der Waals surface area (Å²) in [5.74, 6) is -0.130. The molecule has 0 amide bonds. The summed E-state index contributed by atoms with van der Waals surface area (Å²) in [6, 6.07) is 28.7. The van der Waals surface area contributed by atoms with Gasteiger partial charge in [0, 0.05) is 5.56 Å². The Morgan fingerprint density at radius 2 is 1.50 bits per heavy atom. The molecule has 0 spiro atoms. The van der Waals surface area contributed by atoms with E-state index >= 15 is 0 Å². The minimum absolute atomic E-state index is 0.130. The molecule has 2 aromatic heterocycles. The zero-order valence-electron chi connectivity index (χ0n) is 16.5. The van der Waals surface area contributed by atoms with Crippen LogP contribution in [0.1, 0.15) is 11.3 Å². The van der Waals surface area contributed by atoms with Crippen LogP contribution >= 0.6 is 0 Å². The minimum Gasteiger partial charge on any atom is -0.295 e. The highest BCUT2D eigenvalue weighted by Gasteiger charge is 2.23. The number of imidazole rings is 1. The Morgan fingerprint density at radius 3 is 2.27 bits per heavy atom. The second-order valence-corrected chi connectivity index (χ2v) is 9.42. The molecule has 0 aliphatic carbocycles. The van der Waals surface area contributed by atoms with E-state index in [-0.39, 0.29) is 5.75 Å². The smallest absolute Gasteiger partial charge is 0.184 e. The van der Waals surface area contributed by atoms with Crippen LogP contribution in [0.3, 0.4) is 0 Å². The summed E-state index contributed by atoms with van der Waals surface area (Å²) in [4.78, 5) is 5.15. The molecule has 3 aromatic carbocycles. The zero-order chi connectivity index (χ0) is 20.7. The first-order chi connectivity index (χ1) is 14.5. The number of rotatable bonds is 4. The third kappa shape index (κ3) is 3.17. The predicted molar refractivity (Wildman–Crippen MR) is 120 cm³/mol. The molecular weight excluding hydrogens is 392 g/mol. The van der Waals surface area contributed by atoms with E-state index in [9.17, 15) is 8.42 Å². The zero-order valence-corrected chi connectivity index (χ0v) is 17.3. The largest absolute Gasteiger partial charge is 0.295 e. The van der Waals surface area contributed by atoms with Crippen LogP contribution in [0.25, 0.3) is 27.8 Å². The fourth-order valence-corrected chi connectivity index (χ4v) is 5.16. The molecule has 0 unspecified atom stereocenters. The van der Waals surface area contributed by atoms with Gasteiger partial charge in [-0.1, -0.05) is 66.2 Å². The fraction of sp³-hybridized carbons (Fsp3) is 0.0800. The van der Waals surface area contributed by atoms with E-state index < -0.39 is 9.84 Å². The maximum Gasteiger partial charge on any atom is 0.184 e. The van der Waals surface area contributed by atoms with Crippen LogP contribution in [-0.4, -0.2) is 17.8 Å². The number of nitrogens with zero attached hydrogens (tertiary/aromatic N) is 2. The number of aryl methyl sites for hydroxylation is 1. The summed E-state index contributed by atoms with van der Waals surface area (Å²) in [5, 5.41) is 1.04. The molecule has 0 N–H and O–H groups in total. The first kappa shape index (κ1) is 18.6. The van der Waals surface area contributed by atoms with Gasteiger partial charge in [0.15, 0.2) is 9.84 Å². The van der Waals surface area contributed by atoms with Gasteiger partial charge in [0.05, 0.1) is 27.6 Å². The SMILES string of the molecule is Cc1ccc(S(=O)(=O)Cc2c(-c3ccccc3)nc3ccc4ccccc4n23)cc1. The van der Waals surface area contributed by atoms with E-state index in [1.807, 2.05) is 90.2 Å². The molecule has 5 rings (SSSR count). The lowest BCUT2D eigenvalue weighted by atomic mass is 10.1. The molecule has 0 radical (unpaired) electrons. The second kappa shape index (κ2) is 7.11. The van der Waals surface area contributed by atoms with E-state index in [0.717, 1.165) is 27.7 Å². The molecule has 0 fully saturated rings. The molecule has 148 valence electrons. The van der Waals surface area contributed by atoms with Gasteiger partial charge in [0.25, 0.3) is 0 Å². The summed E-state index contributed by atoms with van der Waals surface area (Å²) in [7, 11) is -3.55. The molecule has 0 saturated heterocycles. The summed E-state index contributed by atoms with van der Waals surface area (Å²) < 4.78 is 28.6. The topological polar surface area (TPSA) is 51.4 Å². The highest BCUT2D eigenvalue weighted by Crippen LogP contribution is 2.30. The van der Waals surface area contributed by atoms with Crippen LogP contribution in [0.5, 0.6) is 0 Å². The number of benzene rings is 3. The Morgan fingerprint density at radius 1 is 0.800 bits per heavy atom. The maximum atomic E-state index is 13.3. The Kier molecular flexibility index (Phi) is 4.40. The third-order valence-corrected chi connectivity index (χ3v) is 6.99. The Hall–Kier alpha value is -3.44. The molecule has 4 nitrogen and oxygen atoms in total. The third-order valence-electron chi connectivity index (χ3n) is 5.34. The average molecular weight is 413 g/mol. The van der Waals surface area contributed by atoms with Crippen LogP contribution < -0.4 is 0 Å². The fourth-order valence-electron chi connectivity index (χ4n) is 3.82. The van der Waals surface area contributed by atoms with Gasteiger partial charge in [0.2, 0.25) is 0 Å². The van der Waals surface area contributed by atoms with E-state index in [1.54, 1.807) is 12.1 Å². The molecule has 30 heavy (non-hydrogen) atoms. The van der Waals surface area contributed by atoms with Gasteiger partial charge < -0.3 is 0 Å². The molecule has 5 aromatic rings. The van der Waals surface area contributed by atoms with Crippen molar-refractivity contribution in [1.29, 1.82) is 0 Å². The Bertz CT molecular complexity index is 1470. The van der Waals surface area contributed by atoms with Crippen LogP contribution in [0.2, 0.25) is 0 Å². The number of pyridine rings is 1. The molecule has 0 saturated carbocycles. The standard InChI is InChI=1S/C25H20N2O2S/c1-18-11-14-21(15-12-18)30(28,29)17-23-25(20-8-3-2-4-9-20)26-24-16-13-19-7-5-6-10-22(19)27(23)24/h2-16H,17H2,1H3. The predicted octanol–water partition coefficient (Wildman–Crippen LogP) is 5.44. The van der Waals surface area contributed by atoms with E-state index in [2.05, 4.69) is 0 Å². The van der Waals surface area contributed by atoms with Gasteiger partial charge in [-0.25, -0.2) is 13.4 Å². The summed E-state index contributed by atoms with van der Waals surface area (Å²) in [5.41, 5.74) is 4.98. The number of fused-ring (bicyclic) bond motifs is 3. The lowest BCUT2D eigenvalue weighted by Gasteiger charge is -2.10. The summed E-state index contributed by atoms with van der Waals surface area (Å²) in [6.07, 6.45) is 0. The van der Waals surface area contributed by atoms with Crippen LogP contribution in [0, 0.1) is 6.92 Å². The molecular formula is C25H20N2O2S. The minimum atomic E-state index is -3.55. The van der Waals surface area contributed by atoms with Crippen LogP contribution in [0.15, 0.2) is 95.9 Å².